The third-order valence-electron chi connectivity index (χ3n) is 2.58. The number of aromatic nitrogens is 3. The van der Waals surface area contributed by atoms with Crippen molar-refractivity contribution >= 4 is 5.91 Å². The van der Waals surface area contributed by atoms with E-state index >= 15 is 0 Å². The number of rotatable bonds is 6. The molecular weight excluding hydrogens is 220 g/mol. The van der Waals surface area contributed by atoms with E-state index in [1.807, 2.05) is 13.8 Å². The molecule has 6 nitrogen and oxygen atoms in total. The molecule has 0 bridgehead atoms. The van der Waals surface area contributed by atoms with E-state index in [0.717, 1.165) is 6.42 Å². The smallest absolute Gasteiger partial charge is 0.244 e. The molecule has 1 heterocycles. The SMILES string of the molecule is CCCNC(=O)C(C)n1cc(C(O)CC)nn1. The maximum absolute atomic E-state index is 11.7. The molecule has 2 unspecified atom stereocenters. The number of hydrogen-bond donors (Lipinski definition) is 2. The van der Waals surface area contributed by atoms with Crippen LogP contribution in [0.2, 0.25) is 0 Å². The fourth-order valence-electron chi connectivity index (χ4n) is 1.36. The molecule has 0 aliphatic carbocycles. The minimum absolute atomic E-state index is 0.0886. The quantitative estimate of drug-likeness (QED) is 0.771. The average molecular weight is 240 g/mol. The molecular formula is C11H20N4O2. The Morgan fingerprint density at radius 2 is 2.29 bits per heavy atom. The maximum atomic E-state index is 11.7. The van der Waals surface area contributed by atoms with Gasteiger partial charge in [0.05, 0.1) is 12.3 Å². The topological polar surface area (TPSA) is 80.0 Å². The summed E-state index contributed by atoms with van der Waals surface area (Å²) in [6.07, 6.45) is 2.48. The Kier molecular flexibility index (Phi) is 5.09. The van der Waals surface area contributed by atoms with Gasteiger partial charge >= 0.3 is 0 Å². The largest absolute Gasteiger partial charge is 0.387 e. The van der Waals surface area contributed by atoms with Crippen LogP contribution in [0.15, 0.2) is 6.20 Å². The van der Waals surface area contributed by atoms with E-state index in [1.54, 1.807) is 13.1 Å². The van der Waals surface area contributed by atoms with Gasteiger partial charge in [0.15, 0.2) is 0 Å². The van der Waals surface area contributed by atoms with Crippen LogP contribution in [0.3, 0.4) is 0 Å². The van der Waals surface area contributed by atoms with Gasteiger partial charge in [0.2, 0.25) is 5.91 Å². The summed E-state index contributed by atoms with van der Waals surface area (Å²) in [5.74, 6) is -0.0886. The molecule has 96 valence electrons. The highest BCUT2D eigenvalue weighted by Gasteiger charge is 2.17. The fourth-order valence-corrected chi connectivity index (χ4v) is 1.36. The standard InChI is InChI=1S/C11H20N4O2/c1-4-6-12-11(17)8(3)15-7-9(13-14-15)10(16)5-2/h7-8,10,16H,4-6H2,1-3H3,(H,12,17). The lowest BCUT2D eigenvalue weighted by Crippen LogP contribution is -2.31. The van der Waals surface area contributed by atoms with Crippen LogP contribution in [-0.2, 0) is 4.79 Å². The van der Waals surface area contributed by atoms with Crippen LogP contribution in [0.5, 0.6) is 0 Å². The molecule has 17 heavy (non-hydrogen) atoms. The van der Waals surface area contributed by atoms with Crippen molar-refractivity contribution in [2.24, 2.45) is 0 Å². The maximum Gasteiger partial charge on any atom is 0.244 e. The molecule has 1 aromatic heterocycles. The normalized spacial score (nSPS) is 14.4. The monoisotopic (exact) mass is 240 g/mol. The van der Waals surface area contributed by atoms with Crippen molar-refractivity contribution in [3.05, 3.63) is 11.9 Å². The summed E-state index contributed by atoms with van der Waals surface area (Å²) >= 11 is 0. The summed E-state index contributed by atoms with van der Waals surface area (Å²) in [5, 5.41) is 20.1. The highest BCUT2D eigenvalue weighted by atomic mass is 16.3. The van der Waals surface area contributed by atoms with Crippen LogP contribution >= 0.6 is 0 Å². The van der Waals surface area contributed by atoms with Crippen molar-refractivity contribution < 1.29 is 9.90 Å². The van der Waals surface area contributed by atoms with Crippen LogP contribution in [-0.4, -0.2) is 32.6 Å². The zero-order chi connectivity index (χ0) is 12.8. The van der Waals surface area contributed by atoms with Crippen LogP contribution in [0, 0.1) is 0 Å². The summed E-state index contributed by atoms with van der Waals surface area (Å²) < 4.78 is 1.47. The van der Waals surface area contributed by atoms with Gasteiger partial charge < -0.3 is 10.4 Å². The molecule has 6 heteroatoms. The molecule has 1 aromatic rings. The van der Waals surface area contributed by atoms with Gasteiger partial charge in [-0.15, -0.1) is 5.10 Å². The molecule has 0 aliphatic heterocycles. The van der Waals surface area contributed by atoms with E-state index < -0.39 is 12.1 Å². The van der Waals surface area contributed by atoms with Crippen molar-refractivity contribution in [1.82, 2.24) is 20.3 Å². The predicted octanol–water partition coefficient (Wildman–Crippen LogP) is 0.809. The number of amides is 1. The third kappa shape index (κ3) is 3.52. The number of nitrogens with one attached hydrogen (secondary N) is 1. The molecule has 0 spiro atoms. The van der Waals surface area contributed by atoms with Gasteiger partial charge in [0.1, 0.15) is 11.7 Å². The number of hydrogen-bond acceptors (Lipinski definition) is 4. The average Bonchev–Trinajstić information content (AvgIpc) is 2.83. The van der Waals surface area contributed by atoms with E-state index in [1.165, 1.54) is 4.68 Å². The summed E-state index contributed by atoms with van der Waals surface area (Å²) in [4.78, 5) is 11.7. The summed E-state index contributed by atoms with van der Waals surface area (Å²) in [5.41, 5.74) is 0.502. The Bertz CT molecular complexity index is 364. The lowest BCUT2D eigenvalue weighted by Gasteiger charge is -2.11. The van der Waals surface area contributed by atoms with Crippen molar-refractivity contribution in [3.8, 4) is 0 Å². The number of carbonyl (C=O) groups is 1. The number of carbonyl (C=O) groups excluding carboxylic acids is 1. The second-order valence-electron chi connectivity index (χ2n) is 4.01. The highest BCUT2D eigenvalue weighted by Crippen LogP contribution is 2.14. The molecule has 0 fully saturated rings. The Balaban J connectivity index is 2.66. The first-order valence-corrected chi connectivity index (χ1v) is 5.97. The lowest BCUT2D eigenvalue weighted by molar-refractivity contribution is -0.124. The molecule has 0 aromatic carbocycles. The fraction of sp³-hybridized carbons (Fsp3) is 0.727. The molecule has 0 saturated carbocycles. The van der Waals surface area contributed by atoms with Gasteiger partial charge in [-0.1, -0.05) is 19.1 Å². The Labute approximate surface area is 101 Å². The van der Waals surface area contributed by atoms with E-state index in [2.05, 4.69) is 15.6 Å². The Morgan fingerprint density at radius 3 is 2.88 bits per heavy atom. The highest BCUT2D eigenvalue weighted by molar-refractivity contribution is 5.79. The second kappa shape index (κ2) is 6.34. The van der Waals surface area contributed by atoms with Gasteiger partial charge in [-0.3, -0.25) is 4.79 Å². The van der Waals surface area contributed by atoms with Crippen LogP contribution in [0.1, 0.15) is 51.5 Å². The van der Waals surface area contributed by atoms with Gasteiger partial charge in [0.25, 0.3) is 0 Å². The molecule has 0 radical (unpaired) electrons. The summed E-state index contributed by atoms with van der Waals surface area (Å²) in [6, 6.07) is -0.410. The summed E-state index contributed by atoms with van der Waals surface area (Å²) in [6.45, 7) is 6.27. The summed E-state index contributed by atoms with van der Waals surface area (Å²) in [7, 11) is 0. The molecule has 1 amide bonds. The minimum Gasteiger partial charge on any atom is -0.387 e. The lowest BCUT2D eigenvalue weighted by atomic mass is 10.2. The van der Waals surface area contributed by atoms with E-state index in [-0.39, 0.29) is 5.91 Å². The van der Waals surface area contributed by atoms with Gasteiger partial charge in [0, 0.05) is 6.54 Å². The third-order valence-corrected chi connectivity index (χ3v) is 2.58. The van der Waals surface area contributed by atoms with Crippen LogP contribution in [0.25, 0.3) is 0 Å². The Morgan fingerprint density at radius 1 is 1.59 bits per heavy atom. The number of aliphatic hydroxyl groups excluding tert-OH is 1. The van der Waals surface area contributed by atoms with Gasteiger partial charge in [-0.2, -0.15) is 0 Å². The van der Waals surface area contributed by atoms with Gasteiger partial charge in [-0.25, -0.2) is 4.68 Å². The first-order chi connectivity index (χ1) is 8.10. The first-order valence-electron chi connectivity index (χ1n) is 5.97. The van der Waals surface area contributed by atoms with Crippen LogP contribution < -0.4 is 5.32 Å². The predicted molar refractivity (Wildman–Crippen MR) is 63.3 cm³/mol. The molecule has 2 N–H and O–H groups in total. The van der Waals surface area contributed by atoms with Crippen molar-refractivity contribution in [2.75, 3.05) is 6.54 Å². The Hall–Kier alpha value is -1.43. The van der Waals surface area contributed by atoms with E-state index in [4.69, 9.17) is 0 Å². The zero-order valence-corrected chi connectivity index (χ0v) is 10.6. The van der Waals surface area contributed by atoms with Crippen molar-refractivity contribution in [1.29, 1.82) is 0 Å². The first kappa shape index (κ1) is 13.6. The molecule has 0 aliphatic rings. The molecule has 0 saturated heterocycles. The minimum atomic E-state index is -0.616. The number of aliphatic hydroxyl groups is 1. The van der Waals surface area contributed by atoms with E-state index in [0.29, 0.717) is 18.7 Å². The van der Waals surface area contributed by atoms with Crippen molar-refractivity contribution in [3.63, 3.8) is 0 Å². The van der Waals surface area contributed by atoms with Crippen molar-refractivity contribution in [2.45, 2.75) is 45.8 Å². The van der Waals surface area contributed by atoms with Crippen LogP contribution in [0.4, 0.5) is 0 Å². The molecule has 1 rings (SSSR count). The molecule has 2 atom stereocenters. The zero-order valence-electron chi connectivity index (χ0n) is 10.6. The number of nitrogens with zero attached hydrogens (tertiary/aromatic N) is 3. The second-order valence-corrected chi connectivity index (χ2v) is 4.01. The van der Waals surface area contributed by atoms with E-state index in [9.17, 15) is 9.90 Å². The van der Waals surface area contributed by atoms with Gasteiger partial charge in [-0.05, 0) is 19.8 Å².